The first-order valence-corrected chi connectivity index (χ1v) is 5.06. The molecule has 2 heteroatoms. The number of hydrogen-bond acceptors (Lipinski definition) is 2. The summed E-state index contributed by atoms with van der Waals surface area (Å²) in [6, 6.07) is 0. The summed E-state index contributed by atoms with van der Waals surface area (Å²) in [6.07, 6.45) is 7.86. The van der Waals surface area contributed by atoms with Crippen LogP contribution in [0.15, 0.2) is 12.7 Å². The Bertz CT molecular complexity index is 169. The van der Waals surface area contributed by atoms with E-state index in [2.05, 4.69) is 6.58 Å². The van der Waals surface area contributed by atoms with Crippen LogP contribution >= 0.6 is 0 Å². The highest BCUT2D eigenvalue weighted by atomic mass is 16.5. The van der Waals surface area contributed by atoms with Gasteiger partial charge in [0.25, 0.3) is 0 Å². The van der Waals surface area contributed by atoms with Gasteiger partial charge in [0.05, 0.1) is 6.61 Å². The van der Waals surface area contributed by atoms with Crippen LogP contribution in [0.3, 0.4) is 0 Å². The summed E-state index contributed by atoms with van der Waals surface area (Å²) in [6.45, 7) is 4.35. The largest absolute Gasteiger partial charge is 0.373 e. The molecule has 0 aliphatic heterocycles. The Morgan fingerprint density at radius 3 is 2.69 bits per heavy atom. The quantitative estimate of drug-likeness (QED) is 0.610. The molecule has 0 saturated heterocycles. The van der Waals surface area contributed by atoms with Crippen LogP contribution in [0.2, 0.25) is 0 Å². The Morgan fingerprint density at radius 1 is 1.38 bits per heavy atom. The van der Waals surface area contributed by atoms with Gasteiger partial charge in [0, 0.05) is 0 Å². The Morgan fingerprint density at radius 2 is 2.08 bits per heavy atom. The molecule has 0 N–H and O–H groups in total. The lowest BCUT2D eigenvalue weighted by Crippen LogP contribution is -2.16. The van der Waals surface area contributed by atoms with Gasteiger partial charge in [-0.25, -0.2) is 0 Å². The topological polar surface area (TPSA) is 26.3 Å². The summed E-state index contributed by atoms with van der Waals surface area (Å²) >= 11 is 0. The molecule has 0 aromatic heterocycles. The second-order valence-corrected chi connectivity index (χ2v) is 3.69. The lowest BCUT2D eigenvalue weighted by Gasteiger charge is -2.20. The molecular formula is C11H18O2. The van der Waals surface area contributed by atoms with Crippen molar-refractivity contribution in [3.05, 3.63) is 12.7 Å². The molecule has 0 unspecified atom stereocenters. The Labute approximate surface area is 80.0 Å². The van der Waals surface area contributed by atoms with Gasteiger partial charge in [-0.2, -0.15) is 0 Å². The summed E-state index contributed by atoms with van der Waals surface area (Å²) in [5, 5.41) is 0. The summed E-state index contributed by atoms with van der Waals surface area (Å²) in [7, 11) is 0. The maximum atomic E-state index is 10.8. The molecular weight excluding hydrogens is 164 g/mol. The molecule has 0 atom stereocenters. The molecule has 0 spiro atoms. The van der Waals surface area contributed by atoms with Crippen molar-refractivity contribution in [2.24, 2.45) is 5.92 Å². The molecule has 0 aromatic carbocycles. The monoisotopic (exact) mass is 182 g/mol. The molecule has 13 heavy (non-hydrogen) atoms. The van der Waals surface area contributed by atoms with Crippen molar-refractivity contribution in [1.29, 1.82) is 0 Å². The fourth-order valence-corrected chi connectivity index (χ4v) is 1.74. The van der Waals surface area contributed by atoms with Crippen LogP contribution in [-0.2, 0) is 9.53 Å². The number of rotatable bonds is 5. The van der Waals surface area contributed by atoms with Gasteiger partial charge in [0.15, 0.2) is 5.78 Å². The van der Waals surface area contributed by atoms with Crippen molar-refractivity contribution in [2.75, 3.05) is 13.2 Å². The molecule has 74 valence electrons. The van der Waals surface area contributed by atoms with Gasteiger partial charge in [-0.05, 0) is 24.8 Å². The Balaban J connectivity index is 2.04. The minimum atomic E-state index is -0.0178. The smallest absolute Gasteiger partial charge is 0.180 e. The van der Waals surface area contributed by atoms with Crippen molar-refractivity contribution < 1.29 is 9.53 Å². The zero-order valence-electron chi connectivity index (χ0n) is 8.13. The van der Waals surface area contributed by atoms with Crippen molar-refractivity contribution in [3.8, 4) is 0 Å². The van der Waals surface area contributed by atoms with Gasteiger partial charge in [-0.15, -0.1) is 0 Å². The molecule has 1 saturated carbocycles. The van der Waals surface area contributed by atoms with Crippen molar-refractivity contribution >= 4 is 5.78 Å². The van der Waals surface area contributed by atoms with E-state index in [-0.39, 0.29) is 12.4 Å². The summed E-state index contributed by atoms with van der Waals surface area (Å²) in [5.74, 6) is 0.669. The first-order valence-electron chi connectivity index (χ1n) is 5.06. The van der Waals surface area contributed by atoms with E-state index in [1.807, 2.05) is 0 Å². The zero-order valence-corrected chi connectivity index (χ0v) is 8.13. The molecule has 1 rings (SSSR count). The fourth-order valence-electron chi connectivity index (χ4n) is 1.74. The van der Waals surface area contributed by atoms with Crippen molar-refractivity contribution in [3.63, 3.8) is 0 Å². The second kappa shape index (κ2) is 5.92. The minimum absolute atomic E-state index is 0.0178. The Kier molecular flexibility index (Phi) is 4.76. The van der Waals surface area contributed by atoms with E-state index >= 15 is 0 Å². The second-order valence-electron chi connectivity index (χ2n) is 3.69. The van der Waals surface area contributed by atoms with E-state index in [4.69, 9.17) is 4.74 Å². The number of carbonyl (C=O) groups excluding carboxylic acids is 1. The lowest BCUT2D eigenvalue weighted by atomic mass is 9.90. The molecule has 0 heterocycles. The SMILES string of the molecule is C=CC(=O)COCC1CCCCC1. The third-order valence-corrected chi connectivity index (χ3v) is 2.55. The fraction of sp³-hybridized carbons (Fsp3) is 0.727. The van der Waals surface area contributed by atoms with Gasteiger partial charge >= 0.3 is 0 Å². The average Bonchev–Trinajstić information content (AvgIpc) is 2.19. The molecule has 1 aliphatic rings. The third kappa shape index (κ3) is 4.23. The zero-order chi connectivity index (χ0) is 9.52. The van der Waals surface area contributed by atoms with E-state index in [1.54, 1.807) is 0 Å². The van der Waals surface area contributed by atoms with Crippen LogP contribution < -0.4 is 0 Å². The predicted octanol–water partition coefficient (Wildman–Crippen LogP) is 2.34. The molecule has 0 radical (unpaired) electrons. The summed E-state index contributed by atoms with van der Waals surface area (Å²) < 4.78 is 5.30. The van der Waals surface area contributed by atoms with Crippen LogP contribution in [0.25, 0.3) is 0 Å². The first kappa shape index (κ1) is 10.5. The first-order chi connectivity index (χ1) is 6.33. The van der Waals surface area contributed by atoms with Crippen LogP contribution in [-0.4, -0.2) is 19.0 Å². The number of ketones is 1. The lowest BCUT2D eigenvalue weighted by molar-refractivity contribution is -0.119. The summed E-state index contributed by atoms with van der Waals surface area (Å²) in [4.78, 5) is 10.8. The molecule has 0 amide bonds. The van der Waals surface area contributed by atoms with E-state index in [0.29, 0.717) is 5.92 Å². The van der Waals surface area contributed by atoms with Crippen LogP contribution in [0, 0.1) is 5.92 Å². The van der Waals surface area contributed by atoms with Crippen LogP contribution in [0.5, 0.6) is 0 Å². The van der Waals surface area contributed by atoms with E-state index in [9.17, 15) is 4.79 Å². The predicted molar refractivity (Wildman–Crippen MR) is 52.6 cm³/mol. The van der Waals surface area contributed by atoms with Crippen molar-refractivity contribution in [1.82, 2.24) is 0 Å². The summed E-state index contributed by atoms with van der Waals surface area (Å²) in [5.41, 5.74) is 0. The van der Waals surface area contributed by atoms with Gasteiger partial charge in [0.1, 0.15) is 6.61 Å². The minimum Gasteiger partial charge on any atom is -0.373 e. The van der Waals surface area contributed by atoms with Crippen molar-refractivity contribution in [2.45, 2.75) is 32.1 Å². The molecule has 0 bridgehead atoms. The normalized spacial score (nSPS) is 18.5. The number of hydrogen-bond donors (Lipinski definition) is 0. The van der Waals surface area contributed by atoms with E-state index in [0.717, 1.165) is 6.61 Å². The standard InChI is InChI=1S/C11H18O2/c1-2-11(12)9-13-8-10-6-4-3-5-7-10/h2,10H,1,3-9H2. The molecule has 1 fully saturated rings. The third-order valence-electron chi connectivity index (χ3n) is 2.55. The van der Waals surface area contributed by atoms with Gasteiger partial charge < -0.3 is 4.74 Å². The highest BCUT2D eigenvalue weighted by molar-refractivity contribution is 5.90. The number of carbonyl (C=O) groups is 1. The van der Waals surface area contributed by atoms with Crippen LogP contribution in [0.4, 0.5) is 0 Å². The molecule has 0 aromatic rings. The van der Waals surface area contributed by atoms with Gasteiger partial charge in [-0.3, -0.25) is 4.79 Å². The van der Waals surface area contributed by atoms with Crippen LogP contribution in [0.1, 0.15) is 32.1 Å². The highest BCUT2D eigenvalue weighted by Gasteiger charge is 2.13. The Hall–Kier alpha value is -0.630. The molecule has 1 aliphatic carbocycles. The number of ether oxygens (including phenoxy) is 1. The maximum Gasteiger partial charge on any atom is 0.180 e. The average molecular weight is 182 g/mol. The van der Waals surface area contributed by atoms with Gasteiger partial charge in [-0.1, -0.05) is 25.8 Å². The van der Waals surface area contributed by atoms with Gasteiger partial charge in [0.2, 0.25) is 0 Å². The molecule has 2 nitrogen and oxygen atoms in total. The van der Waals surface area contributed by atoms with E-state index < -0.39 is 0 Å². The van der Waals surface area contributed by atoms with E-state index in [1.165, 1.54) is 38.2 Å². The maximum absolute atomic E-state index is 10.8. The highest BCUT2D eigenvalue weighted by Crippen LogP contribution is 2.23.